The Morgan fingerprint density at radius 2 is 0.854 bits per heavy atom. The maximum Gasteiger partial charge on any atom is 0.119 e. The van der Waals surface area contributed by atoms with E-state index in [9.17, 15) is 10.2 Å². The molecule has 0 amide bonds. The first-order valence-electron chi connectivity index (χ1n) is 15.6. The highest BCUT2D eigenvalue weighted by Gasteiger charge is 2.15. The average molecular weight is 707 g/mol. The van der Waals surface area contributed by atoms with Crippen LogP contribution in [0.1, 0.15) is 21.3 Å². The quantitative estimate of drug-likeness (QED) is 0.0864. The lowest BCUT2D eigenvalue weighted by Gasteiger charge is -2.17. The zero-order chi connectivity index (χ0) is 33.2. The number of rotatable bonds is 14. The summed E-state index contributed by atoms with van der Waals surface area (Å²) in [5.74, 6) is 3.50. The largest absolute Gasteiger partial charge is 0.508 e. The van der Waals surface area contributed by atoms with Gasteiger partial charge in [0.15, 0.2) is 0 Å². The van der Waals surface area contributed by atoms with Gasteiger partial charge in [-0.05, 0) is 77.4 Å². The van der Waals surface area contributed by atoms with Gasteiger partial charge in [-0.3, -0.25) is 0 Å². The summed E-state index contributed by atoms with van der Waals surface area (Å²) < 4.78 is 6.58. The van der Waals surface area contributed by atoms with Crippen molar-refractivity contribution in [2.45, 2.75) is 30.5 Å². The predicted octanol–water partition coefficient (Wildman–Crippen LogP) is 11.9. The van der Waals surface area contributed by atoms with Crippen LogP contribution in [0.15, 0.2) is 180 Å². The van der Waals surface area contributed by atoms with E-state index in [2.05, 4.69) is 72.8 Å². The minimum Gasteiger partial charge on any atom is -0.508 e. The molecule has 0 aromatic heterocycles. The van der Waals surface area contributed by atoms with Gasteiger partial charge in [0, 0.05) is 21.3 Å². The lowest BCUT2D eigenvalue weighted by atomic mass is 10.2. The van der Waals surface area contributed by atoms with Crippen molar-refractivity contribution in [3.05, 3.63) is 187 Å². The third-order valence-electron chi connectivity index (χ3n) is 6.92. The number of ether oxygens (including phenoxy) is 1. The van der Waals surface area contributed by atoms with Crippen molar-refractivity contribution in [3.8, 4) is 17.2 Å². The maximum absolute atomic E-state index is 9.43. The molecule has 48 heavy (non-hydrogen) atoms. The van der Waals surface area contributed by atoms with Crippen LogP contribution in [0.3, 0.4) is 0 Å². The van der Waals surface area contributed by atoms with Crippen molar-refractivity contribution in [3.63, 3.8) is 0 Å². The van der Waals surface area contributed by atoms with E-state index in [0.29, 0.717) is 11.2 Å². The number of hydrogen-bond acceptors (Lipinski definition) is 7. The van der Waals surface area contributed by atoms with Gasteiger partial charge >= 0.3 is 0 Å². The molecule has 0 bridgehead atoms. The molecule has 6 aromatic carbocycles. The first-order chi connectivity index (χ1) is 23.6. The zero-order valence-electron chi connectivity index (χ0n) is 26.4. The fourth-order valence-corrected chi connectivity index (χ4v) is 9.21. The summed E-state index contributed by atoms with van der Waals surface area (Å²) in [7, 11) is 0. The Hall–Kier alpha value is -3.88. The molecule has 6 aromatic rings. The van der Waals surface area contributed by atoms with Gasteiger partial charge in [-0.25, -0.2) is 0 Å². The second-order valence-electron chi connectivity index (χ2n) is 10.6. The molecule has 0 atom stereocenters. The Bertz CT molecular complexity index is 1570. The number of aromatic hydroxyl groups is 2. The number of phenolic OH excluding ortho intramolecular Hbond substituents is 2. The van der Waals surface area contributed by atoms with Crippen molar-refractivity contribution < 1.29 is 14.9 Å². The van der Waals surface area contributed by atoms with Crippen LogP contribution in [-0.2, 0) is 11.5 Å². The van der Waals surface area contributed by atoms with Crippen molar-refractivity contribution in [1.29, 1.82) is 0 Å². The number of para-hydroxylation sites is 1. The third-order valence-corrected chi connectivity index (χ3v) is 12.4. The third kappa shape index (κ3) is 12.6. The van der Waals surface area contributed by atoms with Gasteiger partial charge in [-0.15, -0.1) is 47.0 Å². The molecule has 0 aliphatic heterocycles. The van der Waals surface area contributed by atoms with Gasteiger partial charge in [0.1, 0.15) is 23.9 Å². The van der Waals surface area contributed by atoms with Crippen LogP contribution in [-0.4, -0.2) is 21.4 Å². The molecular weight excluding hydrogens is 669 g/mol. The Morgan fingerprint density at radius 1 is 0.458 bits per heavy atom. The Balaban J connectivity index is 0.000000188. The SMILES string of the molecule is Oc1ccc(SC(Sc2ccc(O)cc2)c2ccccc2)cc1.c1ccc(CSC(COc2ccccc2)SCc2ccccc2)cc1. The van der Waals surface area contributed by atoms with E-state index in [1.54, 1.807) is 47.8 Å². The zero-order valence-corrected chi connectivity index (χ0v) is 29.6. The van der Waals surface area contributed by atoms with Crippen molar-refractivity contribution in [1.82, 2.24) is 0 Å². The van der Waals surface area contributed by atoms with Crippen molar-refractivity contribution in [2.24, 2.45) is 0 Å². The van der Waals surface area contributed by atoms with E-state index in [1.807, 2.05) is 96.3 Å². The predicted molar refractivity (Wildman–Crippen MR) is 208 cm³/mol. The van der Waals surface area contributed by atoms with Crippen LogP contribution in [0.2, 0.25) is 0 Å². The van der Waals surface area contributed by atoms with Gasteiger partial charge in [-0.1, -0.05) is 109 Å². The van der Waals surface area contributed by atoms with Gasteiger partial charge in [-0.2, -0.15) is 0 Å². The topological polar surface area (TPSA) is 49.7 Å². The minimum atomic E-state index is 0.185. The van der Waals surface area contributed by atoms with E-state index in [0.717, 1.165) is 27.0 Å². The van der Waals surface area contributed by atoms with Gasteiger partial charge in [0.05, 0.1) is 9.16 Å². The molecule has 6 rings (SSSR count). The fraction of sp³-hybridized carbons (Fsp3) is 0.122. The fourth-order valence-electron chi connectivity index (χ4n) is 4.42. The Morgan fingerprint density at radius 3 is 1.29 bits per heavy atom. The first kappa shape index (κ1) is 35.4. The van der Waals surface area contributed by atoms with Crippen LogP contribution in [0.4, 0.5) is 0 Å². The second-order valence-corrected chi connectivity index (χ2v) is 15.9. The summed E-state index contributed by atoms with van der Waals surface area (Å²) in [5, 5.41) is 18.9. The Kier molecular flexibility index (Phi) is 14.6. The van der Waals surface area contributed by atoms with E-state index in [1.165, 1.54) is 16.7 Å². The molecule has 0 radical (unpaired) electrons. The minimum absolute atomic E-state index is 0.185. The standard InChI is InChI=1S/C22H22OS2.C19H16O2S2/c1-4-10-19(11-5-1)17-24-22(16-23-21-14-8-3-9-15-21)25-18-20-12-6-2-7-13-20;20-15-6-10-17(11-7-15)22-19(14-4-2-1-3-5-14)23-18-12-8-16(21)9-13-18/h1-15,22H,16-18H2;1-13,19-21H. The van der Waals surface area contributed by atoms with Gasteiger partial charge < -0.3 is 14.9 Å². The maximum atomic E-state index is 9.43. The summed E-state index contributed by atoms with van der Waals surface area (Å²) in [6.07, 6.45) is 0. The van der Waals surface area contributed by atoms with Crippen LogP contribution in [0, 0.1) is 0 Å². The summed E-state index contributed by atoms with van der Waals surface area (Å²) in [4.78, 5) is 2.20. The molecule has 3 nitrogen and oxygen atoms in total. The number of phenols is 2. The lowest BCUT2D eigenvalue weighted by molar-refractivity contribution is 0.337. The normalized spacial score (nSPS) is 10.8. The van der Waals surface area contributed by atoms with Crippen LogP contribution in [0.25, 0.3) is 0 Å². The van der Waals surface area contributed by atoms with Gasteiger partial charge in [0.2, 0.25) is 0 Å². The average Bonchev–Trinajstić information content (AvgIpc) is 3.15. The first-order valence-corrected chi connectivity index (χ1v) is 19.4. The van der Waals surface area contributed by atoms with E-state index >= 15 is 0 Å². The summed E-state index contributed by atoms with van der Waals surface area (Å²) >= 11 is 7.38. The summed E-state index contributed by atoms with van der Waals surface area (Å²) in [6.45, 7) is 0.707. The van der Waals surface area contributed by atoms with Crippen LogP contribution in [0.5, 0.6) is 17.2 Å². The highest BCUT2D eigenvalue weighted by Crippen LogP contribution is 2.47. The lowest BCUT2D eigenvalue weighted by Crippen LogP contribution is -2.11. The smallest absolute Gasteiger partial charge is 0.119 e. The van der Waals surface area contributed by atoms with Gasteiger partial charge in [0.25, 0.3) is 0 Å². The van der Waals surface area contributed by atoms with E-state index in [4.69, 9.17) is 4.74 Å². The monoisotopic (exact) mass is 706 g/mol. The molecule has 0 heterocycles. The molecule has 0 unspecified atom stereocenters. The molecule has 0 saturated heterocycles. The second kappa shape index (κ2) is 19.8. The number of hydrogen-bond donors (Lipinski definition) is 2. The molecule has 0 aliphatic rings. The highest BCUT2D eigenvalue weighted by molar-refractivity contribution is 8.16. The van der Waals surface area contributed by atoms with Crippen molar-refractivity contribution in [2.75, 3.05) is 6.61 Å². The van der Waals surface area contributed by atoms with E-state index < -0.39 is 0 Å². The Labute approximate surface area is 301 Å². The summed E-state index contributed by atoms with van der Waals surface area (Å²) in [6, 6.07) is 56.2. The number of benzene rings is 6. The van der Waals surface area contributed by atoms with Crippen LogP contribution < -0.4 is 4.74 Å². The molecule has 0 saturated carbocycles. The molecule has 0 spiro atoms. The molecule has 0 fully saturated rings. The van der Waals surface area contributed by atoms with E-state index in [-0.39, 0.29) is 16.1 Å². The molecule has 0 aliphatic carbocycles. The van der Waals surface area contributed by atoms with Crippen LogP contribution >= 0.6 is 47.0 Å². The molecule has 7 heteroatoms. The molecular formula is C41H38O3S4. The summed E-state index contributed by atoms with van der Waals surface area (Å²) in [5.41, 5.74) is 3.94. The molecule has 2 N–H and O–H groups in total. The molecule has 244 valence electrons. The van der Waals surface area contributed by atoms with Crippen molar-refractivity contribution >= 4 is 47.0 Å². The highest BCUT2D eigenvalue weighted by atomic mass is 32.2. The number of thioether (sulfide) groups is 4.